The van der Waals surface area contributed by atoms with E-state index in [1.54, 1.807) is 0 Å². The zero-order valence-corrected chi connectivity index (χ0v) is 10.7. The number of hydrogen-bond acceptors (Lipinski definition) is 3. The Balaban J connectivity index is 1.97. The van der Waals surface area contributed by atoms with Crippen molar-refractivity contribution < 1.29 is 5.11 Å². The highest BCUT2D eigenvalue weighted by atomic mass is 16.3. The van der Waals surface area contributed by atoms with Gasteiger partial charge >= 0.3 is 0 Å². The van der Waals surface area contributed by atoms with Crippen LogP contribution in [0.3, 0.4) is 0 Å². The van der Waals surface area contributed by atoms with E-state index >= 15 is 0 Å². The van der Waals surface area contributed by atoms with Gasteiger partial charge in [-0.05, 0) is 11.1 Å². The lowest BCUT2D eigenvalue weighted by Crippen LogP contribution is -2.65. The summed E-state index contributed by atoms with van der Waals surface area (Å²) < 4.78 is 0. The van der Waals surface area contributed by atoms with Crippen LogP contribution in [0, 0.1) is 0 Å². The van der Waals surface area contributed by atoms with Crippen LogP contribution in [0.4, 0.5) is 0 Å². The van der Waals surface area contributed by atoms with Crippen LogP contribution >= 0.6 is 0 Å². The second kappa shape index (κ2) is 5.13. The molecule has 0 aromatic heterocycles. The monoisotopic (exact) mass is 254 g/mol. The molecule has 1 aliphatic heterocycles. The van der Waals surface area contributed by atoms with Gasteiger partial charge in [-0.3, -0.25) is 4.90 Å². The predicted octanol–water partition coefficient (Wildman–Crippen LogP) is 1.74. The second-order valence-electron chi connectivity index (χ2n) is 4.98. The number of β-amino-alcohol motifs (C(OH)–C–C–N with tert-alkyl or cyclic N) is 1. The molecule has 2 aromatic carbocycles. The lowest BCUT2D eigenvalue weighted by atomic mass is 9.92. The average Bonchev–Trinajstić information content (AvgIpc) is 2.49. The van der Waals surface area contributed by atoms with Gasteiger partial charge < -0.3 is 10.8 Å². The molecule has 3 N–H and O–H groups in total. The molecule has 1 aliphatic rings. The third kappa shape index (κ3) is 2.28. The average molecular weight is 254 g/mol. The topological polar surface area (TPSA) is 49.5 Å². The highest BCUT2D eigenvalue weighted by Gasteiger charge is 2.40. The van der Waals surface area contributed by atoms with Crippen LogP contribution in [-0.4, -0.2) is 28.8 Å². The predicted molar refractivity (Wildman–Crippen MR) is 75.4 cm³/mol. The van der Waals surface area contributed by atoms with Crippen molar-refractivity contribution in [3.05, 3.63) is 71.8 Å². The van der Waals surface area contributed by atoms with Gasteiger partial charge in [-0.15, -0.1) is 0 Å². The maximum atomic E-state index is 9.66. The fourth-order valence-corrected chi connectivity index (χ4v) is 2.65. The summed E-state index contributed by atoms with van der Waals surface area (Å²) in [5, 5.41) is 9.66. The minimum absolute atomic E-state index is 0.112. The van der Waals surface area contributed by atoms with Crippen LogP contribution in [-0.2, 0) is 0 Å². The molecule has 1 fully saturated rings. The maximum Gasteiger partial charge on any atom is 0.0952 e. The van der Waals surface area contributed by atoms with Gasteiger partial charge in [-0.1, -0.05) is 60.7 Å². The maximum absolute atomic E-state index is 9.66. The first-order chi connectivity index (χ1) is 9.27. The zero-order valence-electron chi connectivity index (χ0n) is 10.7. The fraction of sp³-hybridized carbons (Fsp3) is 0.250. The van der Waals surface area contributed by atoms with Gasteiger partial charge in [0, 0.05) is 6.54 Å². The summed E-state index contributed by atoms with van der Waals surface area (Å²) in [4.78, 5) is 2.13. The van der Waals surface area contributed by atoms with Crippen LogP contribution in [0.1, 0.15) is 17.2 Å². The summed E-state index contributed by atoms with van der Waals surface area (Å²) in [6.45, 7) is 0.621. The van der Waals surface area contributed by atoms with E-state index in [1.807, 2.05) is 36.4 Å². The smallest absolute Gasteiger partial charge is 0.0952 e. The molecule has 0 unspecified atom stereocenters. The van der Waals surface area contributed by atoms with Gasteiger partial charge in [0.05, 0.1) is 18.3 Å². The van der Waals surface area contributed by atoms with Gasteiger partial charge in [-0.25, -0.2) is 0 Å². The van der Waals surface area contributed by atoms with Gasteiger partial charge in [0.1, 0.15) is 0 Å². The summed E-state index contributed by atoms with van der Waals surface area (Å²) in [7, 11) is 0. The number of likely N-dealkylation sites (tertiary alicyclic amines) is 1. The van der Waals surface area contributed by atoms with Gasteiger partial charge in [0.2, 0.25) is 0 Å². The van der Waals surface area contributed by atoms with Crippen molar-refractivity contribution >= 4 is 0 Å². The Morgan fingerprint density at radius 1 is 0.947 bits per heavy atom. The van der Waals surface area contributed by atoms with E-state index in [0.717, 1.165) is 0 Å². The van der Waals surface area contributed by atoms with E-state index in [4.69, 9.17) is 5.73 Å². The molecule has 3 rings (SSSR count). The number of aliphatic hydroxyl groups excluding tert-OH is 1. The summed E-state index contributed by atoms with van der Waals surface area (Å²) in [6.07, 6.45) is -0.708. The van der Waals surface area contributed by atoms with Crippen molar-refractivity contribution in [2.45, 2.75) is 18.3 Å². The zero-order chi connectivity index (χ0) is 13.2. The summed E-state index contributed by atoms with van der Waals surface area (Å²) in [6, 6.07) is 20.7. The molecule has 3 nitrogen and oxygen atoms in total. The lowest BCUT2D eigenvalue weighted by Gasteiger charge is -2.47. The van der Waals surface area contributed by atoms with Gasteiger partial charge in [0.25, 0.3) is 0 Å². The molecule has 1 saturated heterocycles. The molecule has 0 bridgehead atoms. The molecular formula is C16H18N2O. The highest BCUT2D eigenvalue weighted by Crippen LogP contribution is 2.33. The summed E-state index contributed by atoms with van der Waals surface area (Å²) in [5.74, 6) is 0. The molecular weight excluding hydrogens is 236 g/mol. The fourth-order valence-electron chi connectivity index (χ4n) is 2.65. The second-order valence-corrected chi connectivity index (χ2v) is 4.98. The largest absolute Gasteiger partial charge is 0.389 e. The van der Waals surface area contributed by atoms with Crippen molar-refractivity contribution in [3.8, 4) is 0 Å². The molecule has 3 heteroatoms. The van der Waals surface area contributed by atoms with Gasteiger partial charge in [-0.2, -0.15) is 0 Å². The summed E-state index contributed by atoms with van der Waals surface area (Å²) in [5.41, 5.74) is 8.43. The molecule has 0 amide bonds. The first-order valence-corrected chi connectivity index (χ1v) is 6.56. The van der Waals surface area contributed by atoms with Crippen LogP contribution in [0.5, 0.6) is 0 Å². The SMILES string of the molecule is N[C@@H]1[C@@H](O)CN1C(c1ccccc1)c1ccccc1. The third-order valence-corrected chi connectivity index (χ3v) is 3.74. The molecule has 0 saturated carbocycles. The molecule has 19 heavy (non-hydrogen) atoms. The number of hydrogen-bond donors (Lipinski definition) is 2. The molecule has 0 radical (unpaired) electrons. The number of aliphatic hydroxyl groups is 1. The van der Waals surface area contributed by atoms with E-state index in [0.29, 0.717) is 6.54 Å². The van der Waals surface area contributed by atoms with Crippen LogP contribution < -0.4 is 5.73 Å². The van der Waals surface area contributed by atoms with E-state index in [-0.39, 0.29) is 12.2 Å². The minimum atomic E-state index is -0.421. The molecule has 0 aliphatic carbocycles. The highest BCUT2D eigenvalue weighted by molar-refractivity contribution is 5.32. The Bertz CT molecular complexity index is 489. The Morgan fingerprint density at radius 3 is 1.79 bits per heavy atom. The van der Waals surface area contributed by atoms with E-state index in [1.165, 1.54) is 11.1 Å². The normalized spacial score (nSPS) is 23.3. The van der Waals surface area contributed by atoms with Crippen LogP contribution in [0.25, 0.3) is 0 Å². The van der Waals surface area contributed by atoms with E-state index in [9.17, 15) is 5.11 Å². The van der Waals surface area contributed by atoms with E-state index < -0.39 is 6.10 Å². The summed E-state index contributed by atoms with van der Waals surface area (Å²) >= 11 is 0. The number of nitrogens with two attached hydrogens (primary N) is 1. The van der Waals surface area contributed by atoms with Crippen LogP contribution in [0.2, 0.25) is 0 Å². The van der Waals surface area contributed by atoms with Crippen molar-refractivity contribution in [2.75, 3.05) is 6.54 Å². The Hall–Kier alpha value is -1.68. The van der Waals surface area contributed by atoms with Crippen molar-refractivity contribution in [3.63, 3.8) is 0 Å². The molecule has 1 heterocycles. The Morgan fingerprint density at radius 2 is 1.42 bits per heavy atom. The quantitative estimate of drug-likeness (QED) is 0.877. The van der Waals surface area contributed by atoms with Crippen LogP contribution in [0.15, 0.2) is 60.7 Å². The van der Waals surface area contributed by atoms with E-state index in [2.05, 4.69) is 29.2 Å². The Kier molecular flexibility index (Phi) is 3.34. The minimum Gasteiger partial charge on any atom is -0.389 e. The molecule has 0 spiro atoms. The van der Waals surface area contributed by atoms with Crippen molar-refractivity contribution in [2.24, 2.45) is 5.73 Å². The third-order valence-electron chi connectivity index (χ3n) is 3.74. The molecule has 98 valence electrons. The number of benzene rings is 2. The van der Waals surface area contributed by atoms with Crippen molar-refractivity contribution in [1.82, 2.24) is 4.90 Å². The molecule has 2 atom stereocenters. The standard InChI is InChI=1S/C16H18N2O/c17-16-14(19)11-18(16)15(12-7-3-1-4-8-12)13-9-5-2-6-10-13/h1-10,14-16,19H,11,17H2/t14-,16-/m0/s1. The first kappa shape index (κ1) is 12.4. The van der Waals surface area contributed by atoms with Gasteiger partial charge in [0.15, 0.2) is 0 Å². The Labute approximate surface area is 113 Å². The first-order valence-electron chi connectivity index (χ1n) is 6.56. The molecule has 2 aromatic rings. The lowest BCUT2D eigenvalue weighted by molar-refractivity contribution is -0.0752. The number of nitrogens with zero attached hydrogens (tertiary/aromatic N) is 1. The number of rotatable bonds is 3. The van der Waals surface area contributed by atoms with Crippen molar-refractivity contribution in [1.29, 1.82) is 0 Å².